The lowest BCUT2D eigenvalue weighted by Crippen LogP contribution is -2.28. The fourth-order valence-corrected chi connectivity index (χ4v) is 7.55. The van der Waals surface area contributed by atoms with Gasteiger partial charge in [-0.25, -0.2) is 23.1 Å². The Morgan fingerprint density at radius 1 is 0.532 bits per heavy atom. The number of aliphatic hydroxyl groups is 1. The number of aromatic nitrogens is 3. The van der Waals surface area contributed by atoms with Crippen LogP contribution >= 0.6 is 0 Å². The number of nitrogens with two attached hydrogens (primary N) is 2. The highest BCUT2D eigenvalue weighted by atomic mass is 19.1. The molecule has 6 heterocycles. The van der Waals surface area contributed by atoms with Crippen LogP contribution in [0.4, 0.5) is 47.3 Å². The number of halogens is 3. The van der Waals surface area contributed by atoms with Crippen molar-refractivity contribution in [2.45, 2.75) is 46.0 Å². The van der Waals surface area contributed by atoms with Gasteiger partial charge in [0, 0.05) is 75.3 Å². The molecule has 8 N–H and O–H groups in total. The van der Waals surface area contributed by atoms with Crippen LogP contribution in [0.2, 0.25) is 0 Å². The molecule has 0 spiro atoms. The van der Waals surface area contributed by atoms with E-state index in [4.69, 9.17) is 35.9 Å². The lowest BCUT2D eigenvalue weighted by atomic mass is 9.99. The van der Waals surface area contributed by atoms with Gasteiger partial charge in [-0.1, -0.05) is 7.43 Å². The number of ether oxygens (including phenoxy) is 3. The molecule has 3 aliphatic heterocycles. The number of carboxylic acid groups (broad SMARTS) is 1. The molecule has 0 saturated carbocycles. The summed E-state index contributed by atoms with van der Waals surface area (Å²) in [7, 11) is 1.00. The number of rotatable bonds is 10. The fourth-order valence-electron chi connectivity index (χ4n) is 7.55. The van der Waals surface area contributed by atoms with Gasteiger partial charge >= 0.3 is 17.3 Å². The maximum Gasteiger partial charge on any atom is 0.310 e. The number of pyridine rings is 3. The summed E-state index contributed by atoms with van der Waals surface area (Å²) in [4.78, 5) is 67.8. The first kappa shape index (κ1) is 61.1. The zero-order valence-corrected chi connectivity index (χ0v) is 41.1. The molecule has 6 aromatic rings. The molecule has 0 radical (unpaired) electrons. The van der Waals surface area contributed by atoms with Gasteiger partial charge in [-0.15, -0.1) is 0 Å². The highest BCUT2D eigenvalue weighted by Crippen LogP contribution is 2.31. The molecule has 24 heteroatoms. The van der Waals surface area contributed by atoms with E-state index in [0.29, 0.717) is 118 Å². The highest BCUT2D eigenvalue weighted by molar-refractivity contribution is 5.96. The lowest BCUT2D eigenvalue weighted by Gasteiger charge is -2.21. The number of nitrogen functional groups attached to an aromatic ring is 2. The smallest absolute Gasteiger partial charge is 0.310 e. The first-order valence-electron chi connectivity index (χ1n) is 23.7. The number of amides is 2. The average molecular weight is 1070 g/mol. The van der Waals surface area contributed by atoms with E-state index < -0.39 is 21.6 Å². The van der Waals surface area contributed by atoms with Crippen LogP contribution in [0.3, 0.4) is 0 Å². The predicted octanol–water partition coefficient (Wildman–Crippen LogP) is 9.12. The molecular weight excluding hydrogens is 1010 g/mol. The summed E-state index contributed by atoms with van der Waals surface area (Å²) >= 11 is 0. The molecule has 2 amide bonds. The third-order valence-corrected chi connectivity index (χ3v) is 11.8. The minimum atomic E-state index is -0.682. The monoisotopic (exact) mass is 1070 g/mol. The van der Waals surface area contributed by atoms with Gasteiger partial charge < -0.3 is 46.5 Å². The van der Waals surface area contributed by atoms with E-state index in [1.54, 1.807) is 18.2 Å². The second-order valence-corrected chi connectivity index (χ2v) is 16.9. The van der Waals surface area contributed by atoms with E-state index in [1.165, 1.54) is 79.0 Å². The summed E-state index contributed by atoms with van der Waals surface area (Å²) in [6.07, 6.45) is 7.61. The molecule has 77 heavy (non-hydrogen) atoms. The van der Waals surface area contributed by atoms with E-state index in [0.717, 1.165) is 25.1 Å². The molecule has 9 rings (SSSR count). The number of aliphatic hydroxyl groups excluding tert-OH is 1. The van der Waals surface area contributed by atoms with Gasteiger partial charge in [-0.2, -0.15) is 0 Å². The molecule has 3 aromatic heterocycles. The van der Waals surface area contributed by atoms with Crippen molar-refractivity contribution in [3.05, 3.63) is 147 Å². The molecule has 0 atom stereocenters. The number of aliphatic carboxylic acids is 1. The van der Waals surface area contributed by atoms with E-state index in [2.05, 4.69) is 25.6 Å². The molecule has 0 bridgehead atoms. The van der Waals surface area contributed by atoms with Gasteiger partial charge in [0.2, 0.25) is 11.8 Å². The molecule has 3 fully saturated rings. The Morgan fingerprint density at radius 3 is 1.21 bits per heavy atom. The van der Waals surface area contributed by atoms with E-state index in [-0.39, 0.29) is 71.4 Å². The molecule has 21 nitrogen and oxygen atoms in total. The zero-order valence-electron chi connectivity index (χ0n) is 41.1. The maximum atomic E-state index is 13.1. The number of carboxylic acids is 1. The van der Waals surface area contributed by atoms with Crippen molar-refractivity contribution in [3.8, 4) is 33.8 Å². The quantitative estimate of drug-likeness (QED) is 0.0550. The number of carbonyl (C=O) groups excluding carboxylic acids is 2. The zero-order chi connectivity index (χ0) is 55.1. The van der Waals surface area contributed by atoms with Gasteiger partial charge in [0.15, 0.2) is 0 Å². The summed E-state index contributed by atoms with van der Waals surface area (Å²) in [6, 6.07) is 21.8. The van der Waals surface area contributed by atoms with Crippen molar-refractivity contribution < 1.29 is 61.8 Å². The van der Waals surface area contributed by atoms with E-state index in [1.807, 2.05) is 0 Å². The van der Waals surface area contributed by atoms with Crippen molar-refractivity contribution in [1.29, 1.82) is 0 Å². The number of carbonyl (C=O) groups is 3. The number of anilines is 4. The lowest BCUT2D eigenvalue weighted by molar-refractivity contribution is -0.384. The number of nitrogens with zero attached hydrogens (tertiary/aromatic N) is 5. The summed E-state index contributed by atoms with van der Waals surface area (Å²) < 4.78 is 54.3. The van der Waals surface area contributed by atoms with Crippen molar-refractivity contribution in [1.82, 2.24) is 15.0 Å². The number of hydrogen-bond acceptors (Lipinski definition) is 16. The molecule has 3 aromatic carbocycles. The molecule has 0 aliphatic carbocycles. The molecule has 3 aliphatic rings. The Bertz CT molecular complexity index is 2890. The number of nitro groups is 2. The molecule has 0 unspecified atom stereocenters. The first-order chi connectivity index (χ1) is 36.6. The third-order valence-electron chi connectivity index (χ3n) is 11.8. The summed E-state index contributed by atoms with van der Waals surface area (Å²) in [5.41, 5.74) is 15.5. The minimum absolute atomic E-state index is 0. The number of benzene rings is 3. The van der Waals surface area contributed by atoms with Crippen molar-refractivity contribution in [3.63, 3.8) is 0 Å². The first-order valence-corrected chi connectivity index (χ1v) is 23.7. The standard InChI is InChI=1S/C17H16FN3O4.C17H18FN3O2.C11H8FN3O2.C6H10O3.CH4O.CH4/c18-13-3-1-11(2-4-13)14-9-15(16(10-19-14)21(23)24)20-17(22)12-5-7-25-8-6-12;18-13-3-1-11(2-4-13)15-9-16(14(19)10-20-15)21-17(22)12-5-7-23-8-6-12;12-8-3-1-7(2-4-8)10-5-9(13)11(6-14-10)15(16)17;7-6(8)5-1-3-9-4-2-5;1-2;/h1-4,9-10,12H,5-8H2,(H,19,20,22);1-4,9-10,12H,5-8,19H2,(H,20,21,22);1-6H,(H2,13,14);5H,1-4H2,(H,7,8);2H,1H3;1H4. The van der Waals surface area contributed by atoms with Crippen LogP contribution in [0, 0.1) is 55.4 Å². The van der Waals surface area contributed by atoms with Crippen LogP contribution in [0.25, 0.3) is 33.8 Å². The van der Waals surface area contributed by atoms with Crippen LogP contribution in [0.1, 0.15) is 46.0 Å². The second kappa shape index (κ2) is 30.8. The van der Waals surface area contributed by atoms with Crippen molar-refractivity contribution >= 4 is 51.9 Å². The van der Waals surface area contributed by atoms with Crippen LogP contribution in [0.15, 0.2) is 110 Å². The topological polar surface area (TPSA) is 320 Å². The van der Waals surface area contributed by atoms with Gasteiger partial charge in [-0.05, 0) is 130 Å². The van der Waals surface area contributed by atoms with Crippen LogP contribution in [-0.4, -0.2) is 99.5 Å². The Balaban J connectivity index is 0.000000228. The molecular formula is C53H60F3N9O12. The number of nitrogens with one attached hydrogen (secondary N) is 2. The summed E-state index contributed by atoms with van der Waals surface area (Å²) in [5, 5.41) is 42.8. The highest BCUT2D eigenvalue weighted by Gasteiger charge is 2.26. The molecule has 3 saturated heterocycles. The second-order valence-electron chi connectivity index (χ2n) is 16.9. The molecule has 410 valence electrons. The predicted molar refractivity (Wildman–Crippen MR) is 281 cm³/mol. The Morgan fingerprint density at radius 2 is 0.857 bits per heavy atom. The van der Waals surface area contributed by atoms with Crippen LogP contribution in [-0.2, 0) is 28.6 Å². The fraction of sp³-hybridized carbons (Fsp3) is 0.321. The van der Waals surface area contributed by atoms with Crippen LogP contribution < -0.4 is 22.1 Å². The third kappa shape index (κ3) is 18.7. The van der Waals surface area contributed by atoms with Crippen LogP contribution in [0.5, 0.6) is 0 Å². The van der Waals surface area contributed by atoms with Gasteiger partial charge in [0.1, 0.15) is 41.2 Å². The Kier molecular flexibility index (Phi) is 24.4. The van der Waals surface area contributed by atoms with Gasteiger partial charge in [0.05, 0.1) is 50.4 Å². The van der Waals surface area contributed by atoms with Crippen molar-refractivity contribution in [2.75, 3.05) is 68.9 Å². The average Bonchev–Trinajstić information content (AvgIpc) is 3.44. The van der Waals surface area contributed by atoms with Gasteiger partial charge in [0.25, 0.3) is 0 Å². The van der Waals surface area contributed by atoms with E-state index >= 15 is 0 Å². The normalized spacial score (nSPS) is 14.3. The summed E-state index contributed by atoms with van der Waals surface area (Å²) in [6.45, 7) is 3.41. The SMILES string of the molecule is C.CO.Nc1cc(-c2ccc(F)cc2)ncc1[N+](=O)[O-].Nc1cnc(-c2ccc(F)cc2)cc1NC(=O)C1CCOCC1.O=C(Nc1cc(-c2ccc(F)cc2)ncc1[N+](=O)[O-])C1CCOCC1.O=C(O)C1CCOCC1. The Labute approximate surface area is 441 Å². The van der Waals surface area contributed by atoms with Gasteiger partial charge in [-0.3, -0.25) is 39.6 Å². The van der Waals surface area contributed by atoms with E-state index in [9.17, 15) is 47.8 Å². The maximum absolute atomic E-state index is 13.1. The largest absolute Gasteiger partial charge is 0.481 e. The minimum Gasteiger partial charge on any atom is -0.481 e. The Hall–Kier alpha value is -8.45. The summed E-state index contributed by atoms with van der Waals surface area (Å²) in [5.74, 6) is -2.53. The number of hydrogen-bond donors (Lipinski definition) is 6. The van der Waals surface area contributed by atoms with Crippen molar-refractivity contribution in [2.24, 2.45) is 17.8 Å².